The summed E-state index contributed by atoms with van der Waals surface area (Å²) in [6.45, 7) is 2.40. The number of benzene rings is 2. The van der Waals surface area contributed by atoms with Gasteiger partial charge in [0.15, 0.2) is 0 Å². The molecule has 2 aromatic carbocycles. The van der Waals surface area contributed by atoms with Gasteiger partial charge in [-0.3, -0.25) is 4.90 Å². The van der Waals surface area contributed by atoms with Crippen molar-refractivity contribution in [2.75, 3.05) is 19.6 Å². The molecule has 0 spiro atoms. The Morgan fingerprint density at radius 1 is 1.00 bits per heavy atom. The summed E-state index contributed by atoms with van der Waals surface area (Å²) in [6.07, 6.45) is 1.78. The van der Waals surface area contributed by atoms with Crippen LogP contribution in [0.1, 0.15) is 30.1 Å². The van der Waals surface area contributed by atoms with Crippen LogP contribution in [0.3, 0.4) is 0 Å². The largest absolute Gasteiger partial charge is 0.390 e. The van der Waals surface area contributed by atoms with Crippen LogP contribution < -0.4 is 0 Å². The van der Waals surface area contributed by atoms with Crippen molar-refractivity contribution in [2.45, 2.75) is 31.0 Å². The SMILES string of the molecule is OC(CN1CC2CC(O)(Cc3ccccc3)CC2C1)c1ccc(F)cc1. The van der Waals surface area contributed by atoms with Crippen LogP contribution in [0, 0.1) is 17.7 Å². The first-order chi connectivity index (χ1) is 12.5. The summed E-state index contributed by atoms with van der Waals surface area (Å²) in [7, 11) is 0. The molecule has 3 unspecified atom stereocenters. The maximum absolute atomic E-state index is 13.0. The Bertz CT molecular complexity index is 720. The second kappa shape index (κ2) is 7.10. The van der Waals surface area contributed by atoms with Crippen LogP contribution in [0.4, 0.5) is 4.39 Å². The molecule has 3 atom stereocenters. The zero-order valence-corrected chi connectivity index (χ0v) is 14.9. The molecule has 0 aromatic heterocycles. The quantitative estimate of drug-likeness (QED) is 0.866. The van der Waals surface area contributed by atoms with Gasteiger partial charge in [-0.15, -0.1) is 0 Å². The van der Waals surface area contributed by atoms with Crippen LogP contribution in [0.2, 0.25) is 0 Å². The van der Waals surface area contributed by atoms with Gasteiger partial charge in [-0.2, -0.15) is 0 Å². The minimum atomic E-state index is -0.599. The normalized spacial score (nSPS) is 29.7. The van der Waals surface area contributed by atoms with E-state index >= 15 is 0 Å². The number of halogens is 1. The molecule has 2 N–H and O–H groups in total. The highest BCUT2D eigenvalue weighted by atomic mass is 19.1. The van der Waals surface area contributed by atoms with Crippen molar-refractivity contribution in [1.29, 1.82) is 0 Å². The van der Waals surface area contributed by atoms with Crippen LogP contribution >= 0.6 is 0 Å². The van der Waals surface area contributed by atoms with Gasteiger partial charge in [0, 0.05) is 26.1 Å². The van der Waals surface area contributed by atoms with Gasteiger partial charge in [-0.1, -0.05) is 42.5 Å². The van der Waals surface area contributed by atoms with Crippen molar-refractivity contribution in [3.05, 3.63) is 71.5 Å². The smallest absolute Gasteiger partial charge is 0.123 e. The van der Waals surface area contributed by atoms with Crippen molar-refractivity contribution >= 4 is 0 Å². The lowest BCUT2D eigenvalue weighted by molar-refractivity contribution is 0.0328. The van der Waals surface area contributed by atoms with Crippen molar-refractivity contribution < 1.29 is 14.6 Å². The predicted molar refractivity (Wildman–Crippen MR) is 99.1 cm³/mol. The number of nitrogens with zero attached hydrogens (tertiary/aromatic N) is 1. The topological polar surface area (TPSA) is 43.7 Å². The first-order valence-corrected chi connectivity index (χ1v) is 9.43. The summed E-state index contributed by atoms with van der Waals surface area (Å²) in [5.41, 5.74) is 1.35. The zero-order valence-electron chi connectivity index (χ0n) is 14.9. The van der Waals surface area contributed by atoms with E-state index in [2.05, 4.69) is 17.0 Å². The Morgan fingerprint density at radius 3 is 2.23 bits per heavy atom. The van der Waals surface area contributed by atoms with Gasteiger partial charge in [-0.05, 0) is 47.9 Å². The molecule has 2 aromatic rings. The third kappa shape index (κ3) is 3.83. The van der Waals surface area contributed by atoms with Gasteiger partial charge in [-0.25, -0.2) is 4.39 Å². The average Bonchev–Trinajstić information content (AvgIpc) is 3.10. The lowest BCUT2D eigenvalue weighted by Crippen LogP contribution is -2.33. The maximum Gasteiger partial charge on any atom is 0.123 e. The molecule has 0 amide bonds. The van der Waals surface area contributed by atoms with Crippen LogP contribution in [0.15, 0.2) is 54.6 Å². The second-order valence-corrected chi connectivity index (χ2v) is 8.10. The van der Waals surface area contributed by atoms with E-state index < -0.39 is 11.7 Å². The van der Waals surface area contributed by atoms with Gasteiger partial charge in [0.1, 0.15) is 5.82 Å². The number of aliphatic hydroxyl groups excluding tert-OH is 1. The lowest BCUT2D eigenvalue weighted by atomic mass is 9.91. The number of fused-ring (bicyclic) bond motifs is 1. The fourth-order valence-electron chi connectivity index (χ4n) is 4.86. The molecule has 4 rings (SSSR count). The van der Waals surface area contributed by atoms with Gasteiger partial charge in [0.2, 0.25) is 0 Å². The molecule has 26 heavy (non-hydrogen) atoms. The standard InChI is InChI=1S/C22H26FNO2/c23-20-8-6-17(7-9-20)21(25)15-24-13-18-11-22(26,12-19(18)14-24)10-16-4-2-1-3-5-16/h1-9,18-19,21,25-26H,10-15H2. The van der Waals surface area contributed by atoms with Gasteiger partial charge >= 0.3 is 0 Å². The maximum atomic E-state index is 13.0. The predicted octanol–water partition coefficient (Wildman–Crippen LogP) is 3.17. The summed E-state index contributed by atoms with van der Waals surface area (Å²) in [5, 5.41) is 21.4. The molecule has 2 fully saturated rings. The summed E-state index contributed by atoms with van der Waals surface area (Å²) < 4.78 is 13.0. The van der Waals surface area contributed by atoms with Gasteiger partial charge in [0.25, 0.3) is 0 Å². The number of likely N-dealkylation sites (tertiary alicyclic amines) is 1. The molecular formula is C22H26FNO2. The molecular weight excluding hydrogens is 329 g/mol. The lowest BCUT2D eigenvalue weighted by Gasteiger charge is -2.27. The van der Waals surface area contributed by atoms with E-state index in [9.17, 15) is 14.6 Å². The molecule has 1 saturated carbocycles. The molecule has 4 heteroatoms. The number of β-amino-alcohol motifs (C(OH)–C–C–N with tert-alkyl or cyclic N) is 1. The Morgan fingerprint density at radius 2 is 1.62 bits per heavy atom. The van der Waals surface area contributed by atoms with E-state index in [1.54, 1.807) is 12.1 Å². The minimum Gasteiger partial charge on any atom is -0.390 e. The second-order valence-electron chi connectivity index (χ2n) is 8.10. The van der Waals surface area contributed by atoms with E-state index in [4.69, 9.17) is 0 Å². The van der Waals surface area contributed by atoms with Crippen molar-refractivity contribution in [2.24, 2.45) is 11.8 Å². The summed E-state index contributed by atoms with van der Waals surface area (Å²) in [5.74, 6) is 0.697. The third-order valence-corrected chi connectivity index (χ3v) is 6.00. The first kappa shape index (κ1) is 17.7. The van der Waals surface area contributed by atoms with Gasteiger partial charge < -0.3 is 10.2 Å². The van der Waals surface area contributed by atoms with E-state index in [1.807, 2.05) is 18.2 Å². The average molecular weight is 355 g/mol. The summed E-state index contributed by atoms with van der Waals surface area (Å²) in [4.78, 5) is 2.28. The van der Waals surface area contributed by atoms with Crippen molar-refractivity contribution in [3.63, 3.8) is 0 Å². The van der Waals surface area contributed by atoms with E-state index in [1.165, 1.54) is 17.7 Å². The number of aliphatic hydroxyl groups is 2. The fourth-order valence-corrected chi connectivity index (χ4v) is 4.86. The first-order valence-electron chi connectivity index (χ1n) is 9.43. The molecule has 138 valence electrons. The number of rotatable bonds is 5. The van der Waals surface area contributed by atoms with Crippen molar-refractivity contribution in [1.82, 2.24) is 4.90 Å². The Labute approximate surface area is 154 Å². The van der Waals surface area contributed by atoms with Crippen LogP contribution in [-0.4, -0.2) is 40.3 Å². The van der Waals surface area contributed by atoms with E-state index in [0.29, 0.717) is 18.4 Å². The zero-order chi connectivity index (χ0) is 18.1. The number of hydrogen-bond donors (Lipinski definition) is 2. The molecule has 2 aliphatic rings. The summed E-state index contributed by atoms with van der Waals surface area (Å²) in [6, 6.07) is 16.3. The van der Waals surface area contributed by atoms with Crippen LogP contribution in [0.25, 0.3) is 0 Å². The highest BCUT2D eigenvalue weighted by Gasteiger charge is 2.48. The molecule has 0 radical (unpaired) electrons. The fraction of sp³-hybridized carbons (Fsp3) is 0.455. The Hall–Kier alpha value is -1.75. The molecule has 1 aliphatic carbocycles. The van der Waals surface area contributed by atoms with E-state index in [0.717, 1.165) is 37.9 Å². The number of hydrogen-bond acceptors (Lipinski definition) is 3. The molecule has 0 bridgehead atoms. The van der Waals surface area contributed by atoms with Gasteiger partial charge in [0.05, 0.1) is 11.7 Å². The third-order valence-electron chi connectivity index (χ3n) is 6.00. The Kier molecular flexibility index (Phi) is 4.82. The highest BCUT2D eigenvalue weighted by Crippen LogP contribution is 2.45. The molecule has 1 saturated heterocycles. The van der Waals surface area contributed by atoms with Crippen LogP contribution in [-0.2, 0) is 6.42 Å². The molecule has 1 heterocycles. The van der Waals surface area contributed by atoms with Crippen LogP contribution in [0.5, 0.6) is 0 Å². The van der Waals surface area contributed by atoms with Crippen molar-refractivity contribution in [3.8, 4) is 0 Å². The minimum absolute atomic E-state index is 0.283. The summed E-state index contributed by atoms with van der Waals surface area (Å²) >= 11 is 0. The highest BCUT2D eigenvalue weighted by molar-refractivity contribution is 5.20. The molecule has 3 nitrogen and oxygen atoms in total. The molecule has 1 aliphatic heterocycles. The Balaban J connectivity index is 1.32. The van der Waals surface area contributed by atoms with E-state index in [-0.39, 0.29) is 5.82 Å². The monoisotopic (exact) mass is 355 g/mol.